The van der Waals surface area contributed by atoms with Gasteiger partial charge in [0.25, 0.3) is 0 Å². The van der Waals surface area contributed by atoms with E-state index in [2.05, 4.69) is 5.32 Å². The van der Waals surface area contributed by atoms with Gasteiger partial charge in [-0.05, 0) is 55.0 Å². The Morgan fingerprint density at radius 3 is 2.58 bits per heavy atom. The molecule has 0 aliphatic heterocycles. The number of nitrogens with one attached hydrogen (secondary N) is 1. The van der Waals surface area contributed by atoms with Crippen LogP contribution in [0, 0.1) is 12.7 Å². The molecule has 0 aliphatic carbocycles. The summed E-state index contributed by atoms with van der Waals surface area (Å²) in [5, 5.41) is 3.86. The summed E-state index contributed by atoms with van der Waals surface area (Å²) < 4.78 is 18.4. The number of halogens is 2. The van der Waals surface area contributed by atoms with Gasteiger partial charge in [-0.1, -0.05) is 11.6 Å². The monoisotopic (exact) mass is 279 g/mol. The van der Waals surface area contributed by atoms with E-state index in [0.717, 1.165) is 17.0 Å². The Morgan fingerprint density at radius 1 is 1.16 bits per heavy atom. The Morgan fingerprint density at radius 2 is 1.89 bits per heavy atom. The minimum atomic E-state index is -0.237. The number of hydrogen-bond acceptors (Lipinski definition) is 2. The fraction of sp³-hybridized carbons (Fsp3) is 0.200. The van der Waals surface area contributed by atoms with Gasteiger partial charge in [0.1, 0.15) is 18.2 Å². The van der Waals surface area contributed by atoms with Crippen molar-refractivity contribution in [3.63, 3.8) is 0 Å². The normalized spacial score (nSPS) is 10.3. The van der Waals surface area contributed by atoms with E-state index < -0.39 is 0 Å². The van der Waals surface area contributed by atoms with Crippen LogP contribution in [0.1, 0.15) is 5.56 Å². The number of ether oxygens (including phenoxy) is 1. The zero-order valence-corrected chi connectivity index (χ0v) is 11.4. The van der Waals surface area contributed by atoms with E-state index in [0.29, 0.717) is 18.2 Å². The summed E-state index contributed by atoms with van der Waals surface area (Å²) in [6.07, 6.45) is 0. The van der Waals surface area contributed by atoms with Crippen LogP contribution in [0.2, 0.25) is 5.02 Å². The SMILES string of the molecule is Cc1cc(Cl)ccc1OCCNc1ccc(F)cc1. The highest BCUT2D eigenvalue weighted by molar-refractivity contribution is 6.30. The predicted molar refractivity (Wildman–Crippen MR) is 76.6 cm³/mol. The minimum Gasteiger partial charge on any atom is -0.491 e. The van der Waals surface area contributed by atoms with Gasteiger partial charge < -0.3 is 10.1 Å². The Labute approximate surface area is 117 Å². The summed E-state index contributed by atoms with van der Waals surface area (Å²) in [5.74, 6) is 0.587. The summed E-state index contributed by atoms with van der Waals surface area (Å²) >= 11 is 5.87. The average molecular weight is 280 g/mol. The molecule has 1 N–H and O–H groups in total. The molecule has 0 heterocycles. The number of rotatable bonds is 5. The maximum absolute atomic E-state index is 12.7. The Balaban J connectivity index is 1.79. The summed E-state index contributed by atoms with van der Waals surface area (Å²) in [6, 6.07) is 11.8. The Bertz CT molecular complexity index is 542. The fourth-order valence-corrected chi connectivity index (χ4v) is 1.93. The van der Waals surface area contributed by atoms with E-state index in [4.69, 9.17) is 16.3 Å². The topological polar surface area (TPSA) is 21.3 Å². The quantitative estimate of drug-likeness (QED) is 0.825. The van der Waals surface area contributed by atoms with Crippen LogP contribution in [-0.4, -0.2) is 13.2 Å². The van der Waals surface area contributed by atoms with Crippen LogP contribution in [-0.2, 0) is 0 Å². The van der Waals surface area contributed by atoms with Crippen molar-refractivity contribution in [2.45, 2.75) is 6.92 Å². The summed E-state index contributed by atoms with van der Waals surface area (Å²) in [7, 11) is 0. The van der Waals surface area contributed by atoms with Crippen LogP contribution in [0.3, 0.4) is 0 Å². The third-order valence-corrected chi connectivity index (χ3v) is 2.91. The molecule has 0 spiro atoms. The molecular formula is C15H15ClFNO. The lowest BCUT2D eigenvalue weighted by atomic mass is 10.2. The fourth-order valence-electron chi connectivity index (χ4n) is 1.70. The highest BCUT2D eigenvalue weighted by atomic mass is 35.5. The van der Waals surface area contributed by atoms with E-state index in [9.17, 15) is 4.39 Å². The first kappa shape index (κ1) is 13.7. The van der Waals surface area contributed by atoms with Crippen molar-refractivity contribution in [1.29, 1.82) is 0 Å². The van der Waals surface area contributed by atoms with Crippen LogP contribution >= 0.6 is 11.6 Å². The van der Waals surface area contributed by atoms with Crippen LogP contribution in [0.25, 0.3) is 0 Å². The molecule has 0 atom stereocenters. The second-order valence-electron chi connectivity index (χ2n) is 4.19. The van der Waals surface area contributed by atoms with Gasteiger partial charge >= 0.3 is 0 Å². The van der Waals surface area contributed by atoms with Gasteiger partial charge in [-0.15, -0.1) is 0 Å². The molecule has 0 saturated heterocycles. The lowest BCUT2D eigenvalue weighted by Crippen LogP contribution is -2.11. The van der Waals surface area contributed by atoms with E-state index >= 15 is 0 Å². The maximum atomic E-state index is 12.7. The number of aryl methyl sites for hydroxylation is 1. The maximum Gasteiger partial charge on any atom is 0.123 e. The predicted octanol–water partition coefficient (Wildman–Crippen LogP) is 4.28. The highest BCUT2D eigenvalue weighted by Crippen LogP contribution is 2.21. The highest BCUT2D eigenvalue weighted by Gasteiger charge is 2.00. The van der Waals surface area contributed by atoms with Crippen LogP contribution in [0.5, 0.6) is 5.75 Å². The molecule has 2 aromatic carbocycles. The molecule has 2 rings (SSSR count). The molecule has 0 saturated carbocycles. The summed E-state index contributed by atoms with van der Waals surface area (Å²) in [6.45, 7) is 3.13. The molecule has 0 aromatic heterocycles. The molecule has 0 bridgehead atoms. The van der Waals surface area contributed by atoms with Crippen molar-refractivity contribution >= 4 is 17.3 Å². The molecule has 0 radical (unpaired) electrons. The number of benzene rings is 2. The van der Waals surface area contributed by atoms with Crippen molar-refractivity contribution in [1.82, 2.24) is 0 Å². The van der Waals surface area contributed by atoms with Gasteiger partial charge in [-0.25, -0.2) is 4.39 Å². The van der Waals surface area contributed by atoms with Crippen molar-refractivity contribution in [3.8, 4) is 5.75 Å². The summed E-state index contributed by atoms with van der Waals surface area (Å²) in [5.41, 5.74) is 1.88. The average Bonchev–Trinajstić information content (AvgIpc) is 2.39. The largest absolute Gasteiger partial charge is 0.491 e. The van der Waals surface area contributed by atoms with Crippen molar-refractivity contribution in [3.05, 3.63) is 58.9 Å². The van der Waals surface area contributed by atoms with Crippen molar-refractivity contribution in [2.75, 3.05) is 18.5 Å². The van der Waals surface area contributed by atoms with Gasteiger partial charge in [0.05, 0.1) is 0 Å². The molecule has 0 aliphatic rings. The Hall–Kier alpha value is -1.74. The Kier molecular flexibility index (Phi) is 4.63. The first-order valence-corrected chi connectivity index (χ1v) is 6.41. The standard InChI is InChI=1S/C15H15ClFNO/c1-11-10-12(16)2-7-15(11)19-9-8-18-14-5-3-13(17)4-6-14/h2-7,10,18H,8-9H2,1H3. The second-order valence-corrected chi connectivity index (χ2v) is 4.63. The first-order chi connectivity index (χ1) is 9.15. The first-order valence-electron chi connectivity index (χ1n) is 6.03. The van der Waals surface area contributed by atoms with Gasteiger partial charge in [0.2, 0.25) is 0 Å². The molecule has 0 unspecified atom stereocenters. The lowest BCUT2D eigenvalue weighted by molar-refractivity contribution is 0.330. The zero-order chi connectivity index (χ0) is 13.7. The molecule has 19 heavy (non-hydrogen) atoms. The van der Waals surface area contributed by atoms with Crippen molar-refractivity contribution < 1.29 is 9.13 Å². The number of hydrogen-bond donors (Lipinski definition) is 1. The molecule has 0 amide bonds. The zero-order valence-electron chi connectivity index (χ0n) is 10.6. The third-order valence-electron chi connectivity index (χ3n) is 2.67. The number of anilines is 1. The summed E-state index contributed by atoms with van der Waals surface area (Å²) in [4.78, 5) is 0. The molecule has 0 fully saturated rings. The smallest absolute Gasteiger partial charge is 0.123 e. The molecule has 4 heteroatoms. The van der Waals surface area contributed by atoms with E-state index in [-0.39, 0.29) is 5.82 Å². The second kappa shape index (κ2) is 6.43. The lowest BCUT2D eigenvalue weighted by Gasteiger charge is -2.10. The molecular weight excluding hydrogens is 265 g/mol. The van der Waals surface area contributed by atoms with Gasteiger partial charge in [-0.3, -0.25) is 0 Å². The van der Waals surface area contributed by atoms with E-state index in [1.54, 1.807) is 18.2 Å². The van der Waals surface area contributed by atoms with Crippen LogP contribution in [0.4, 0.5) is 10.1 Å². The minimum absolute atomic E-state index is 0.237. The van der Waals surface area contributed by atoms with Gasteiger partial charge in [0, 0.05) is 17.3 Å². The molecule has 2 nitrogen and oxygen atoms in total. The van der Waals surface area contributed by atoms with E-state index in [1.807, 2.05) is 19.1 Å². The molecule has 100 valence electrons. The van der Waals surface area contributed by atoms with Gasteiger partial charge in [-0.2, -0.15) is 0 Å². The van der Waals surface area contributed by atoms with Crippen LogP contribution < -0.4 is 10.1 Å². The third kappa shape index (κ3) is 4.14. The van der Waals surface area contributed by atoms with Gasteiger partial charge in [0.15, 0.2) is 0 Å². The molecule has 2 aromatic rings. The van der Waals surface area contributed by atoms with Crippen LogP contribution in [0.15, 0.2) is 42.5 Å². The van der Waals surface area contributed by atoms with E-state index in [1.165, 1.54) is 12.1 Å². The van der Waals surface area contributed by atoms with Crippen molar-refractivity contribution in [2.24, 2.45) is 0 Å².